The minimum absolute atomic E-state index is 0.0707. The Morgan fingerprint density at radius 3 is 2.46 bits per heavy atom. The van der Waals surface area contributed by atoms with E-state index in [4.69, 9.17) is 36.1 Å². The van der Waals surface area contributed by atoms with Crippen molar-refractivity contribution in [3.8, 4) is 0 Å². The van der Waals surface area contributed by atoms with Gasteiger partial charge in [-0.25, -0.2) is 13.7 Å². The second-order valence-electron chi connectivity index (χ2n) is 7.63. The van der Waals surface area contributed by atoms with E-state index in [0.717, 1.165) is 6.92 Å². The van der Waals surface area contributed by atoms with Gasteiger partial charge >= 0.3 is 23.5 Å². The van der Waals surface area contributed by atoms with Crippen LogP contribution in [0.1, 0.15) is 19.6 Å². The molecule has 39 heavy (non-hydrogen) atoms. The Morgan fingerprint density at radius 2 is 1.87 bits per heavy atom. The van der Waals surface area contributed by atoms with Crippen LogP contribution < -0.4 is 11.3 Å². The molecule has 23 nitrogen and oxygen atoms in total. The molecule has 0 aromatic carbocycles. The lowest BCUT2D eigenvalue weighted by molar-refractivity contribution is -0.113. The molecule has 2 aromatic heterocycles. The molecule has 3 heterocycles. The molecule has 0 spiro atoms. The van der Waals surface area contributed by atoms with Gasteiger partial charge in [0.1, 0.15) is 12.3 Å². The first kappa shape index (κ1) is 30.7. The lowest BCUT2D eigenvalue weighted by atomic mass is 10.2. The number of nitrogen functional groups attached to an aromatic ring is 1. The number of fused-ring (bicyclic) bond motifs is 1. The molecular weight excluding hydrogens is 597 g/mol. The van der Waals surface area contributed by atoms with E-state index in [1.165, 1.54) is 16.8 Å². The first-order valence-electron chi connectivity index (χ1n) is 10.1. The standard InChI is InChI=1S/C13H19N10O13P3/c1-13(19-21-15,20-22-16)34-7-4-9(23-3-2-6-10(23)17-12(14)18-11(6)24)33-8(7)5-32-38(28,29)36-39(30,31)35-37(25,26)27/h2-3,7-9H,4-5H2,1H3,(H,28,29)(H,30,31)(H2,25,26,27)(H3,14,17,18,24)/t7?,8-,9-/m1/s1. The van der Waals surface area contributed by atoms with Gasteiger partial charge in [-0.3, -0.25) is 14.3 Å². The van der Waals surface area contributed by atoms with Gasteiger partial charge in [0, 0.05) is 22.4 Å². The number of aromatic amines is 1. The van der Waals surface area contributed by atoms with Crippen molar-refractivity contribution in [3.63, 3.8) is 0 Å². The topological polar surface area (TPSA) is 352 Å². The summed E-state index contributed by atoms with van der Waals surface area (Å²) in [5.74, 6) is -2.39. The van der Waals surface area contributed by atoms with Crippen LogP contribution in [0.3, 0.4) is 0 Å². The zero-order valence-electron chi connectivity index (χ0n) is 19.3. The van der Waals surface area contributed by atoms with Gasteiger partial charge in [-0.2, -0.15) is 13.6 Å². The minimum atomic E-state index is -5.79. The number of azide groups is 1. The fraction of sp³-hybridized carbons (Fsp3) is 0.538. The number of phosphoric ester groups is 1. The molecule has 214 valence electrons. The van der Waals surface area contributed by atoms with E-state index >= 15 is 0 Å². The largest absolute Gasteiger partial charge is 0.490 e. The second kappa shape index (κ2) is 11.3. The Balaban J connectivity index is 1.89. The molecule has 0 amide bonds. The highest BCUT2D eigenvalue weighted by Gasteiger charge is 2.45. The van der Waals surface area contributed by atoms with E-state index in [-0.39, 0.29) is 23.4 Å². The highest BCUT2D eigenvalue weighted by molar-refractivity contribution is 7.66. The molecule has 0 aliphatic carbocycles. The van der Waals surface area contributed by atoms with E-state index in [2.05, 4.69) is 43.2 Å². The van der Waals surface area contributed by atoms with Crippen LogP contribution in [-0.2, 0) is 36.3 Å². The maximum Gasteiger partial charge on any atom is 0.490 e. The highest BCUT2D eigenvalue weighted by Crippen LogP contribution is 2.66. The number of anilines is 1. The Labute approximate surface area is 215 Å². The predicted octanol–water partition coefficient (Wildman–Crippen LogP) is 1.62. The summed E-state index contributed by atoms with van der Waals surface area (Å²) in [4.78, 5) is 60.0. The molecule has 1 fully saturated rings. The molecule has 0 saturated carbocycles. The number of phosphoric acid groups is 3. The van der Waals surface area contributed by atoms with Gasteiger partial charge in [0.2, 0.25) is 11.8 Å². The van der Waals surface area contributed by atoms with Gasteiger partial charge in [-0.15, -0.1) is 0 Å². The first-order chi connectivity index (χ1) is 18.0. The summed E-state index contributed by atoms with van der Waals surface area (Å²) in [6, 6.07) is 1.39. The van der Waals surface area contributed by atoms with Crippen molar-refractivity contribution < 1.29 is 55.9 Å². The predicted molar refractivity (Wildman–Crippen MR) is 125 cm³/mol. The SMILES string of the molecule is CC(N=[N+]=[N-])(N=[N+]=[N-])OC1C[C@H](n2ccc3c(=O)[nH]c(N)nc32)O[C@@H]1COP(=O)(O)OP(=O)(O)OP(=O)(O)O. The molecule has 0 radical (unpaired) electrons. The fourth-order valence-electron chi connectivity index (χ4n) is 3.43. The molecule has 1 aliphatic rings. The smallest absolute Gasteiger partial charge is 0.369 e. The molecule has 26 heteroatoms. The quantitative estimate of drug-likeness (QED) is 0.0853. The number of ether oxygens (including phenoxy) is 2. The van der Waals surface area contributed by atoms with Gasteiger partial charge in [-0.1, -0.05) is 10.2 Å². The van der Waals surface area contributed by atoms with Crippen molar-refractivity contribution >= 4 is 40.4 Å². The van der Waals surface area contributed by atoms with Gasteiger partial charge in [0.25, 0.3) is 5.56 Å². The summed E-state index contributed by atoms with van der Waals surface area (Å²) in [6.07, 6.45) is -2.45. The van der Waals surface area contributed by atoms with Crippen LogP contribution in [0.2, 0.25) is 0 Å². The number of nitrogens with zero attached hydrogens (tertiary/aromatic N) is 8. The number of aromatic nitrogens is 3. The summed E-state index contributed by atoms with van der Waals surface area (Å²) in [7, 11) is -17.0. The maximum atomic E-state index is 12.2. The van der Waals surface area contributed by atoms with Crippen LogP contribution >= 0.6 is 23.5 Å². The molecule has 5 atom stereocenters. The Kier molecular flexibility index (Phi) is 8.93. The van der Waals surface area contributed by atoms with Crippen molar-refractivity contribution in [2.75, 3.05) is 12.3 Å². The van der Waals surface area contributed by atoms with Gasteiger partial charge in [0.15, 0.2) is 5.65 Å². The first-order valence-corrected chi connectivity index (χ1v) is 14.6. The van der Waals surface area contributed by atoms with Crippen LogP contribution in [0.5, 0.6) is 0 Å². The molecule has 1 saturated heterocycles. The number of hydrogen-bond acceptors (Lipinski definition) is 13. The van der Waals surface area contributed by atoms with Crippen LogP contribution in [0.4, 0.5) is 5.95 Å². The van der Waals surface area contributed by atoms with Crippen LogP contribution in [0, 0.1) is 0 Å². The number of rotatable bonds is 12. The van der Waals surface area contributed by atoms with Crippen molar-refractivity contribution in [1.29, 1.82) is 0 Å². The fourth-order valence-corrected chi connectivity index (χ4v) is 6.46. The van der Waals surface area contributed by atoms with E-state index < -0.39 is 59.9 Å². The third-order valence-electron chi connectivity index (χ3n) is 4.74. The number of hydrogen-bond donors (Lipinski definition) is 6. The lowest BCUT2D eigenvalue weighted by Gasteiger charge is -2.26. The van der Waals surface area contributed by atoms with Gasteiger partial charge in [-0.05, 0) is 24.1 Å². The van der Waals surface area contributed by atoms with Gasteiger partial charge in [0.05, 0.1) is 18.1 Å². The summed E-state index contributed by atoms with van der Waals surface area (Å²) in [5, 5.41) is 6.65. The van der Waals surface area contributed by atoms with Crippen LogP contribution in [0.25, 0.3) is 31.9 Å². The van der Waals surface area contributed by atoms with E-state index in [1.807, 2.05) is 0 Å². The normalized spacial score (nSPS) is 24.2. The van der Waals surface area contributed by atoms with E-state index in [9.17, 15) is 28.3 Å². The van der Waals surface area contributed by atoms with Crippen LogP contribution in [-0.4, -0.2) is 58.8 Å². The Morgan fingerprint density at radius 1 is 1.23 bits per heavy atom. The van der Waals surface area contributed by atoms with Crippen molar-refractivity contribution in [1.82, 2.24) is 14.5 Å². The van der Waals surface area contributed by atoms with E-state index in [0.29, 0.717) is 0 Å². The molecule has 0 bridgehead atoms. The Bertz CT molecular complexity index is 1520. The molecule has 1 aliphatic heterocycles. The monoisotopic (exact) mass is 616 g/mol. The molecule has 3 unspecified atom stereocenters. The third kappa shape index (κ3) is 8.09. The molecule has 7 N–H and O–H groups in total. The van der Waals surface area contributed by atoms with E-state index in [1.54, 1.807) is 0 Å². The highest BCUT2D eigenvalue weighted by atomic mass is 31.3. The Hall–Kier alpha value is -2.83. The average molecular weight is 616 g/mol. The summed E-state index contributed by atoms with van der Waals surface area (Å²) in [6.45, 7) is 0.134. The molecule has 3 rings (SSSR count). The van der Waals surface area contributed by atoms with Crippen molar-refractivity contribution in [2.45, 2.75) is 37.6 Å². The summed E-state index contributed by atoms with van der Waals surface area (Å²) < 4.78 is 59.2. The minimum Gasteiger partial charge on any atom is -0.369 e. The number of H-pyrrole nitrogens is 1. The lowest BCUT2D eigenvalue weighted by Crippen LogP contribution is -2.36. The van der Waals surface area contributed by atoms with Crippen molar-refractivity contribution in [2.24, 2.45) is 10.2 Å². The zero-order valence-corrected chi connectivity index (χ0v) is 21.9. The average Bonchev–Trinajstić information content (AvgIpc) is 3.33. The van der Waals surface area contributed by atoms with Crippen molar-refractivity contribution in [3.05, 3.63) is 43.5 Å². The number of nitrogens with one attached hydrogen (secondary N) is 1. The van der Waals surface area contributed by atoms with Crippen LogP contribution in [0.15, 0.2) is 27.3 Å². The molecular formula is C13H19N10O13P3. The van der Waals surface area contributed by atoms with Gasteiger partial charge < -0.3 is 39.3 Å². The summed E-state index contributed by atoms with van der Waals surface area (Å²) in [5.41, 5.74) is 22.7. The summed E-state index contributed by atoms with van der Waals surface area (Å²) >= 11 is 0. The zero-order chi connectivity index (χ0) is 29.2. The second-order valence-corrected chi connectivity index (χ2v) is 12.1. The maximum absolute atomic E-state index is 12.2. The number of nitrogens with two attached hydrogens (primary N) is 1. The molecule has 2 aromatic rings. The third-order valence-corrected chi connectivity index (χ3v) is 8.55.